The highest BCUT2D eigenvalue weighted by atomic mass is 32.2. The second-order valence-electron chi connectivity index (χ2n) is 4.27. The fourth-order valence-corrected chi connectivity index (χ4v) is 3.43. The van der Waals surface area contributed by atoms with Crippen LogP contribution in [0.1, 0.15) is 12.8 Å². The molecule has 108 valence electrons. The summed E-state index contributed by atoms with van der Waals surface area (Å²) in [5.74, 6) is 1.93. The Morgan fingerprint density at radius 1 is 1.00 bits per heavy atom. The van der Waals surface area contributed by atoms with E-state index in [9.17, 15) is 15.3 Å². The molecule has 5 atom stereocenters. The molecule has 0 aliphatic carbocycles. The molecule has 0 amide bonds. The fourth-order valence-electron chi connectivity index (χ4n) is 1.75. The van der Waals surface area contributed by atoms with E-state index in [0.717, 1.165) is 24.3 Å². The van der Waals surface area contributed by atoms with Gasteiger partial charge in [0.25, 0.3) is 0 Å². The van der Waals surface area contributed by atoms with E-state index in [1.807, 2.05) is 0 Å². The zero-order chi connectivity index (χ0) is 13.5. The molecule has 1 aliphatic heterocycles. The van der Waals surface area contributed by atoms with Crippen molar-refractivity contribution < 1.29 is 25.2 Å². The zero-order valence-electron chi connectivity index (χ0n) is 10.4. The van der Waals surface area contributed by atoms with E-state index >= 15 is 0 Å². The molecule has 0 radical (unpaired) electrons. The lowest BCUT2D eigenvalue weighted by Gasteiger charge is -2.39. The van der Waals surface area contributed by atoms with Gasteiger partial charge in [-0.3, -0.25) is 0 Å². The molecular formula is C11H22O5S2. The number of aliphatic hydroxyl groups is 4. The molecule has 0 aromatic rings. The first-order valence-corrected chi connectivity index (χ1v) is 8.47. The van der Waals surface area contributed by atoms with Crippen LogP contribution in [0.15, 0.2) is 0 Å². The largest absolute Gasteiger partial charge is 0.394 e. The lowest BCUT2D eigenvalue weighted by Crippen LogP contribution is -2.57. The number of thioether (sulfide) groups is 2. The van der Waals surface area contributed by atoms with Crippen molar-refractivity contribution in [2.75, 3.05) is 24.4 Å². The molecule has 1 heterocycles. The van der Waals surface area contributed by atoms with Gasteiger partial charge in [-0.2, -0.15) is 11.8 Å². The molecule has 0 bridgehead atoms. The minimum Gasteiger partial charge on any atom is -0.394 e. The van der Waals surface area contributed by atoms with Gasteiger partial charge in [-0.05, 0) is 30.6 Å². The summed E-state index contributed by atoms with van der Waals surface area (Å²) in [6, 6.07) is 0. The predicted molar refractivity (Wildman–Crippen MR) is 73.8 cm³/mol. The maximum Gasteiger partial charge on any atom is 0.132 e. The van der Waals surface area contributed by atoms with Crippen LogP contribution in [-0.4, -0.2) is 74.6 Å². The van der Waals surface area contributed by atoms with E-state index in [2.05, 4.69) is 6.26 Å². The van der Waals surface area contributed by atoms with E-state index in [1.165, 1.54) is 11.8 Å². The SMILES string of the molecule is CSCCCCS[C@@H]1O[C@H](CO)[C@@H](O)[C@H](O)[C@H]1O. The van der Waals surface area contributed by atoms with Gasteiger partial charge in [0.05, 0.1) is 6.61 Å². The Morgan fingerprint density at radius 2 is 1.67 bits per heavy atom. The molecule has 0 aromatic carbocycles. The Labute approximate surface area is 116 Å². The summed E-state index contributed by atoms with van der Waals surface area (Å²) in [7, 11) is 0. The lowest BCUT2D eigenvalue weighted by molar-refractivity contribution is -0.205. The van der Waals surface area contributed by atoms with Crippen molar-refractivity contribution in [2.24, 2.45) is 0 Å². The lowest BCUT2D eigenvalue weighted by atomic mass is 10.0. The van der Waals surface area contributed by atoms with Crippen molar-refractivity contribution in [3.8, 4) is 0 Å². The summed E-state index contributed by atoms with van der Waals surface area (Å²) in [4.78, 5) is 0. The second-order valence-corrected chi connectivity index (χ2v) is 6.46. The van der Waals surface area contributed by atoms with Crippen molar-refractivity contribution in [1.29, 1.82) is 0 Å². The van der Waals surface area contributed by atoms with Crippen molar-refractivity contribution >= 4 is 23.5 Å². The summed E-state index contributed by atoms with van der Waals surface area (Å²) in [6.07, 6.45) is -0.269. The van der Waals surface area contributed by atoms with Gasteiger partial charge in [0.1, 0.15) is 29.9 Å². The van der Waals surface area contributed by atoms with Crippen molar-refractivity contribution in [3.05, 3.63) is 0 Å². The molecule has 7 heteroatoms. The second kappa shape index (κ2) is 8.63. The third-order valence-corrected chi connectivity index (χ3v) is 4.81. The third kappa shape index (κ3) is 4.56. The van der Waals surface area contributed by atoms with Crippen LogP contribution in [0, 0.1) is 0 Å². The molecule has 1 aliphatic rings. The highest BCUT2D eigenvalue weighted by Gasteiger charge is 2.43. The molecule has 1 fully saturated rings. The number of hydrogen-bond acceptors (Lipinski definition) is 7. The molecule has 0 aromatic heterocycles. The van der Waals surface area contributed by atoms with Crippen molar-refractivity contribution in [2.45, 2.75) is 42.7 Å². The van der Waals surface area contributed by atoms with Crippen LogP contribution in [0.5, 0.6) is 0 Å². The number of rotatable bonds is 7. The monoisotopic (exact) mass is 298 g/mol. The van der Waals surface area contributed by atoms with Crippen LogP contribution in [0.2, 0.25) is 0 Å². The number of ether oxygens (including phenoxy) is 1. The number of unbranched alkanes of at least 4 members (excludes halogenated alkanes) is 1. The quantitative estimate of drug-likeness (QED) is 0.478. The maximum atomic E-state index is 9.78. The average Bonchev–Trinajstić information content (AvgIpc) is 2.38. The van der Waals surface area contributed by atoms with Crippen molar-refractivity contribution in [3.63, 3.8) is 0 Å². The van der Waals surface area contributed by atoms with E-state index < -0.39 is 29.9 Å². The Kier molecular flexibility index (Phi) is 7.93. The van der Waals surface area contributed by atoms with Gasteiger partial charge < -0.3 is 25.2 Å². The molecule has 18 heavy (non-hydrogen) atoms. The van der Waals surface area contributed by atoms with Crippen LogP contribution in [0.25, 0.3) is 0 Å². The van der Waals surface area contributed by atoms with E-state index in [4.69, 9.17) is 9.84 Å². The first-order chi connectivity index (χ1) is 8.61. The Bertz CT molecular complexity index is 229. The van der Waals surface area contributed by atoms with Gasteiger partial charge in [0, 0.05) is 0 Å². The standard InChI is InChI=1S/C11H22O5S2/c1-17-4-2-3-5-18-11-10(15)9(14)8(13)7(6-12)16-11/h7-15H,2-6H2,1H3/t7-,8-,9+,10-,11+/m1/s1. The topological polar surface area (TPSA) is 90.2 Å². The summed E-state index contributed by atoms with van der Waals surface area (Å²) in [5.41, 5.74) is -0.588. The molecule has 1 saturated heterocycles. The van der Waals surface area contributed by atoms with E-state index in [0.29, 0.717) is 0 Å². The number of hydrogen-bond donors (Lipinski definition) is 4. The van der Waals surface area contributed by atoms with Crippen LogP contribution in [0.3, 0.4) is 0 Å². The first kappa shape index (κ1) is 16.6. The molecular weight excluding hydrogens is 276 g/mol. The molecule has 4 N–H and O–H groups in total. The predicted octanol–water partition coefficient (Wildman–Crippen LogP) is -0.337. The van der Waals surface area contributed by atoms with Crippen LogP contribution in [0.4, 0.5) is 0 Å². The van der Waals surface area contributed by atoms with Gasteiger partial charge in [-0.1, -0.05) is 0 Å². The summed E-state index contributed by atoms with van der Waals surface area (Å²) in [6.45, 7) is -0.367. The highest BCUT2D eigenvalue weighted by Crippen LogP contribution is 2.28. The van der Waals surface area contributed by atoms with Gasteiger partial charge in [0.15, 0.2) is 0 Å². The van der Waals surface area contributed by atoms with Gasteiger partial charge in [-0.25, -0.2) is 0 Å². The van der Waals surface area contributed by atoms with Crippen LogP contribution >= 0.6 is 23.5 Å². The Balaban J connectivity index is 2.35. The van der Waals surface area contributed by atoms with E-state index in [1.54, 1.807) is 11.8 Å². The van der Waals surface area contributed by atoms with Crippen molar-refractivity contribution in [1.82, 2.24) is 0 Å². The maximum absolute atomic E-state index is 9.78. The molecule has 0 unspecified atom stereocenters. The zero-order valence-corrected chi connectivity index (χ0v) is 12.1. The Morgan fingerprint density at radius 3 is 2.28 bits per heavy atom. The van der Waals surface area contributed by atoms with Crippen LogP contribution < -0.4 is 0 Å². The van der Waals surface area contributed by atoms with Gasteiger partial charge in [0.2, 0.25) is 0 Å². The Hall–Kier alpha value is 0.500. The van der Waals surface area contributed by atoms with Gasteiger partial charge in [-0.15, -0.1) is 11.8 Å². The molecule has 0 spiro atoms. The molecule has 5 nitrogen and oxygen atoms in total. The molecule has 1 rings (SSSR count). The minimum absolute atomic E-state index is 0.367. The van der Waals surface area contributed by atoms with E-state index in [-0.39, 0.29) is 6.61 Å². The number of aliphatic hydroxyl groups excluding tert-OH is 4. The summed E-state index contributed by atoms with van der Waals surface area (Å²) < 4.78 is 5.38. The fraction of sp³-hybridized carbons (Fsp3) is 1.00. The van der Waals surface area contributed by atoms with Crippen LogP contribution in [-0.2, 0) is 4.74 Å². The molecule has 0 saturated carbocycles. The summed E-state index contributed by atoms with van der Waals surface area (Å²) >= 11 is 3.21. The third-order valence-electron chi connectivity index (χ3n) is 2.87. The summed E-state index contributed by atoms with van der Waals surface area (Å²) in [5, 5.41) is 38.0. The minimum atomic E-state index is -1.26. The smallest absolute Gasteiger partial charge is 0.132 e. The van der Waals surface area contributed by atoms with Gasteiger partial charge >= 0.3 is 0 Å². The first-order valence-electron chi connectivity index (χ1n) is 6.03. The normalized spacial score (nSPS) is 36.8. The average molecular weight is 298 g/mol. The highest BCUT2D eigenvalue weighted by molar-refractivity contribution is 7.99.